The number of non-ortho nitro benzene ring substituents is 1. The van der Waals surface area contributed by atoms with E-state index in [1.54, 1.807) is 0 Å². The first-order valence-corrected chi connectivity index (χ1v) is 11.2. The fourth-order valence-corrected chi connectivity index (χ4v) is 5.65. The van der Waals surface area contributed by atoms with Crippen molar-refractivity contribution < 1.29 is 26.8 Å². The molecule has 0 N–H and O–H groups in total. The molecular weight excluding hydrogens is 390 g/mol. The molecule has 15 heteroatoms. The van der Waals surface area contributed by atoms with Gasteiger partial charge in [-0.3, -0.25) is 30.3 Å². The van der Waals surface area contributed by atoms with Gasteiger partial charge in [-0.05, 0) is 18.8 Å². The lowest BCUT2D eigenvalue weighted by atomic mass is 10.2. The summed E-state index contributed by atoms with van der Waals surface area (Å²) in [5.74, 6) is 0. The monoisotopic (exact) mass is 401 g/mol. The quantitative estimate of drug-likeness (QED) is 0.375. The van der Waals surface area contributed by atoms with Crippen LogP contribution in [0.15, 0.2) is 17.0 Å². The second-order valence-corrected chi connectivity index (χ2v) is 12.3. The van der Waals surface area contributed by atoms with Crippen molar-refractivity contribution >= 4 is 47.3 Å². The summed E-state index contributed by atoms with van der Waals surface area (Å²) in [6.07, 6.45) is 4.36. The Balaban J connectivity index is 3.82. The number of hydrogen-bond donors (Lipinski definition) is 0. The molecule has 0 amide bonds. The molecule has 0 spiro atoms. The van der Waals surface area contributed by atoms with E-state index in [0.29, 0.717) is 12.1 Å². The van der Waals surface area contributed by atoms with Crippen LogP contribution in [0.4, 0.5) is 17.1 Å². The molecule has 0 fully saturated rings. The molecular formula is C9H11N3O9S3. The van der Waals surface area contributed by atoms with E-state index in [0.717, 1.165) is 10.8 Å². The van der Waals surface area contributed by atoms with Crippen molar-refractivity contribution in [3.05, 3.63) is 42.5 Å². The lowest BCUT2D eigenvalue weighted by Crippen LogP contribution is -2.13. The first-order chi connectivity index (χ1) is 10.8. The molecule has 0 saturated carbocycles. The van der Waals surface area contributed by atoms with E-state index in [-0.39, 0.29) is 0 Å². The van der Waals surface area contributed by atoms with Crippen molar-refractivity contribution in [2.45, 2.75) is 4.90 Å². The summed E-state index contributed by atoms with van der Waals surface area (Å²) in [6, 6.07) is 0.676. The van der Waals surface area contributed by atoms with Gasteiger partial charge in [0.05, 0.1) is 26.9 Å². The normalized spacial score (nSPS) is 12.6. The number of hydrogen-bond acceptors (Lipinski definition) is 10. The predicted octanol–water partition coefficient (Wildman–Crippen LogP) is 2.37. The fraction of sp³-hybridized carbons (Fsp3) is 0.333. The van der Waals surface area contributed by atoms with Gasteiger partial charge in [0.25, 0.3) is 5.69 Å². The summed E-state index contributed by atoms with van der Waals surface area (Å²) in [6.45, 7) is 0. The summed E-state index contributed by atoms with van der Waals surface area (Å²) < 4.78 is 29.6. The highest BCUT2D eigenvalue weighted by atomic mass is 33.2. The van der Waals surface area contributed by atoms with E-state index in [1.165, 1.54) is 18.8 Å². The highest BCUT2D eigenvalue weighted by Gasteiger charge is 2.41. The van der Waals surface area contributed by atoms with Crippen LogP contribution < -0.4 is 0 Å². The Bertz CT molecular complexity index is 786. The topological polar surface area (TPSA) is 173 Å². The van der Waals surface area contributed by atoms with Crippen LogP contribution in [0.5, 0.6) is 0 Å². The second kappa shape index (κ2) is 6.88. The van der Waals surface area contributed by atoms with Gasteiger partial charge in [0, 0.05) is 0 Å². The van der Waals surface area contributed by atoms with Crippen LogP contribution in [0, 0.1) is 30.3 Å². The number of rotatable bonds is 7. The summed E-state index contributed by atoms with van der Waals surface area (Å²) in [4.78, 5) is 28.0. The van der Waals surface area contributed by atoms with Crippen molar-refractivity contribution in [3.63, 3.8) is 0 Å². The molecule has 0 aliphatic carbocycles. The summed E-state index contributed by atoms with van der Waals surface area (Å²) in [5.41, 5.74) is -3.58. The average Bonchev–Trinajstić information content (AvgIpc) is 2.44. The van der Waals surface area contributed by atoms with E-state index in [2.05, 4.69) is 0 Å². The number of nitro benzene ring substituents is 3. The van der Waals surface area contributed by atoms with Crippen molar-refractivity contribution in [2.75, 3.05) is 18.8 Å². The van der Waals surface area contributed by atoms with Gasteiger partial charge in [-0.1, -0.05) is 20.1 Å². The number of benzene rings is 1. The molecule has 24 heavy (non-hydrogen) atoms. The predicted molar refractivity (Wildman–Crippen MR) is 87.6 cm³/mol. The van der Waals surface area contributed by atoms with Gasteiger partial charge >= 0.3 is 21.5 Å². The van der Waals surface area contributed by atoms with Crippen LogP contribution in [0.1, 0.15) is 0 Å². The molecule has 0 bridgehead atoms. The highest BCUT2D eigenvalue weighted by molar-refractivity contribution is 8.92. The number of nitro groups is 3. The fourth-order valence-electron chi connectivity index (χ4n) is 1.49. The van der Waals surface area contributed by atoms with E-state index >= 15 is 0 Å². The molecule has 0 unspecified atom stereocenters. The van der Waals surface area contributed by atoms with Crippen LogP contribution in [0.25, 0.3) is 0 Å². The molecule has 0 aliphatic heterocycles. The lowest BCUT2D eigenvalue weighted by molar-refractivity contribution is -0.407. The standard InChI is InChI=1S/C9H11N3O9S3/c1-22-23(2,3)21-24(19,20)9-7(11(15)16)4-6(10(13)14)5-8(9)12(17)18/h4-5H,1-3H3. The van der Waals surface area contributed by atoms with Gasteiger partial charge in [0.15, 0.2) is 0 Å². The van der Waals surface area contributed by atoms with Crippen LogP contribution >= 0.6 is 20.1 Å². The second-order valence-electron chi connectivity index (χ2n) is 4.42. The van der Waals surface area contributed by atoms with Gasteiger partial charge in [0.2, 0.25) is 4.90 Å². The van der Waals surface area contributed by atoms with E-state index in [1.807, 2.05) is 0 Å². The van der Waals surface area contributed by atoms with Crippen LogP contribution in [-0.4, -0.2) is 42.0 Å². The maximum Gasteiger partial charge on any atom is 0.320 e. The first-order valence-electron chi connectivity index (χ1n) is 5.68. The minimum Gasteiger partial charge on any atom is -0.258 e. The van der Waals surface area contributed by atoms with E-state index in [9.17, 15) is 38.8 Å². The molecule has 0 heterocycles. The van der Waals surface area contributed by atoms with E-state index < -0.39 is 56.2 Å². The molecule has 1 aromatic carbocycles. The smallest absolute Gasteiger partial charge is 0.258 e. The van der Waals surface area contributed by atoms with Crippen LogP contribution in [-0.2, 0) is 13.7 Å². The minimum absolute atomic E-state index is 0.338. The Hall–Kier alpha value is -1.97. The molecule has 134 valence electrons. The molecule has 12 nitrogen and oxygen atoms in total. The maximum absolute atomic E-state index is 12.3. The Labute approximate surface area is 140 Å². The Kier molecular flexibility index (Phi) is 5.75. The van der Waals surface area contributed by atoms with Crippen LogP contribution in [0.2, 0.25) is 0 Å². The third kappa shape index (κ3) is 4.31. The van der Waals surface area contributed by atoms with Crippen molar-refractivity contribution in [1.82, 2.24) is 0 Å². The third-order valence-corrected chi connectivity index (χ3v) is 9.20. The maximum atomic E-state index is 12.3. The molecule has 1 rings (SSSR count). The summed E-state index contributed by atoms with van der Waals surface area (Å²) in [5, 5.41) is 33.0. The van der Waals surface area contributed by atoms with Crippen molar-refractivity contribution in [1.29, 1.82) is 0 Å². The molecule has 0 aliphatic rings. The minimum atomic E-state index is -4.91. The zero-order valence-corrected chi connectivity index (χ0v) is 14.8. The van der Waals surface area contributed by atoms with Gasteiger partial charge in [-0.15, -0.1) is 0 Å². The Morgan fingerprint density at radius 2 is 1.38 bits per heavy atom. The summed E-state index contributed by atoms with van der Waals surface area (Å²) in [7, 11) is -6.18. The van der Waals surface area contributed by atoms with Gasteiger partial charge in [0.1, 0.15) is 0 Å². The average molecular weight is 401 g/mol. The zero-order chi connectivity index (χ0) is 18.9. The highest BCUT2D eigenvalue weighted by Crippen LogP contribution is 2.56. The first kappa shape index (κ1) is 20.1. The zero-order valence-electron chi connectivity index (χ0n) is 12.4. The van der Waals surface area contributed by atoms with Gasteiger partial charge < -0.3 is 0 Å². The molecule has 0 radical (unpaired) electrons. The van der Waals surface area contributed by atoms with Gasteiger partial charge in [-0.25, -0.2) is 3.63 Å². The molecule has 0 atom stereocenters. The molecule has 0 saturated heterocycles. The Morgan fingerprint density at radius 3 is 1.67 bits per heavy atom. The molecule has 0 aromatic heterocycles. The lowest BCUT2D eigenvalue weighted by Gasteiger charge is -2.26. The Morgan fingerprint density at radius 1 is 0.958 bits per heavy atom. The summed E-state index contributed by atoms with van der Waals surface area (Å²) >= 11 is 0. The van der Waals surface area contributed by atoms with E-state index in [4.69, 9.17) is 3.63 Å². The number of nitrogens with zero attached hydrogens (tertiary/aromatic N) is 3. The third-order valence-electron chi connectivity index (χ3n) is 2.54. The van der Waals surface area contributed by atoms with Crippen molar-refractivity contribution in [3.8, 4) is 0 Å². The molecule has 1 aromatic rings. The largest absolute Gasteiger partial charge is 0.320 e. The van der Waals surface area contributed by atoms with Crippen LogP contribution in [0.3, 0.4) is 0 Å². The van der Waals surface area contributed by atoms with Gasteiger partial charge in [-0.2, -0.15) is 8.42 Å². The van der Waals surface area contributed by atoms with Crippen molar-refractivity contribution in [2.24, 2.45) is 0 Å². The SMILES string of the molecule is CSS(C)(C)OS(=O)(=O)c1c([N+](=O)[O-])cc([N+](=O)[O-])cc1[N+](=O)[O-].